The molecule has 2 aromatic rings. The molecule has 1 aliphatic heterocycles. The number of aryl methyl sites for hydroxylation is 1. The predicted molar refractivity (Wildman–Crippen MR) is 157 cm³/mol. The van der Waals surface area contributed by atoms with Crippen molar-refractivity contribution in [3.05, 3.63) is 79.3 Å². The van der Waals surface area contributed by atoms with Gasteiger partial charge in [-0.3, -0.25) is 19.2 Å². The van der Waals surface area contributed by atoms with E-state index in [9.17, 15) is 19.2 Å². The first-order chi connectivity index (χ1) is 18.5. The van der Waals surface area contributed by atoms with Crippen LogP contribution in [-0.2, 0) is 9.59 Å². The Bertz CT molecular complexity index is 1500. The summed E-state index contributed by atoms with van der Waals surface area (Å²) in [5.41, 5.74) is 0.994. The van der Waals surface area contributed by atoms with Crippen LogP contribution < -0.4 is 0 Å². The molecule has 1 heterocycles. The molecule has 1 saturated carbocycles. The number of fused-ring (bicyclic) bond motifs is 5. The number of carbonyl (C=O) groups excluding carboxylic acids is 4. The van der Waals surface area contributed by atoms with Crippen LogP contribution in [0.1, 0.15) is 33.2 Å². The number of hydrogen-bond acceptors (Lipinski definition) is 4. The van der Waals surface area contributed by atoms with Crippen LogP contribution in [0.3, 0.4) is 0 Å². The smallest absolute Gasteiger partial charge is 0.275 e. The SMILES string of the molecule is Cc1ccc(C(=O)[C@H](C)N(C(=O)c2ccc(Cl)cc2Cl)N2C(=O)[C@@H]3[C@H](C2=O)[C@@]2(Cl)C(Cl)=C(Cl)[C@@]3(Cl)C2(Cl)Cl)cc1. The largest absolute Gasteiger partial charge is 0.292 e. The zero-order valence-corrected chi connectivity index (χ0v) is 26.4. The van der Waals surface area contributed by atoms with Crippen LogP contribution in [0.5, 0.6) is 0 Å². The van der Waals surface area contributed by atoms with Crippen LogP contribution >= 0.6 is 92.8 Å². The van der Waals surface area contributed by atoms with Crippen molar-refractivity contribution in [1.82, 2.24) is 10.0 Å². The Morgan fingerprint density at radius 2 is 1.35 bits per heavy atom. The Hall–Kier alpha value is -1.22. The topological polar surface area (TPSA) is 74.8 Å². The summed E-state index contributed by atoms with van der Waals surface area (Å²) >= 11 is 51.9. The molecule has 3 amide bonds. The number of Topliss-reactive ketones (excluding diaryl/α,β-unsaturated/α-hetero) is 1. The molecule has 5 rings (SSSR count). The van der Waals surface area contributed by atoms with Crippen LogP contribution in [0.4, 0.5) is 0 Å². The van der Waals surface area contributed by atoms with E-state index in [1.165, 1.54) is 25.1 Å². The fraction of sp³-hybridized carbons (Fsp3) is 0.308. The zero-order valence-electron chi connectivity index (χ0n) is 20.3. The molecule has 0 aromatic heterocycles. The molecule has 5 atom stereocenters. The summed E-state index contributed by atoms with van der Waals surface area (Å²) in [6.07, 6.45) is 0. The summed E-state index contributed by atoms with van der Waals surface area (Å²) < 4.78 is -2.16. The van der Waals surface area contributed by atoms with Gasteiger partial charge in [0.15, 0.2) is 10.1 Å². The van der Waals surface area contributed by atoms with Crippen molar-refractivity contribution in [1.29, 1.82) is 0 Å². The number of hydrazine groups is 1. The molecule has 0 unspecified atom stereocenters. The fourth-order valence-corrected chi connectivity index (χ4v) is 8.91. The number of carbonyl (C=O) groups is 4. The lowest BCUT2D eigenvalue weighted by Crippen LogP contribution is -2.59. The molecule has 14 heteroatoms. The number of ketones is 1. The molecule has 2 fully saturated rings. The number of allylic oxidation sites excluding steroid dienone is 2. The van der Waals surface area contributed by atoms with Crippen molar-refractivity contribution in [2.45, 2.75) is 34.0 Å². The van der Waals surface area contributed by atoms with E-state index in [2.05, 4.69) is 0 Å². The lowest BCUT2D eigenvalue weighted by atomic mass is 9.84. The van der Waals surface area contributed by atoms with Crippen molar-refractivity contribution >= 4 is 116 Å². The van der Waals surface area contributed by atoms with E-state index < -0.39 is 55.5 Å². The number of rotatable bonds is 5. The summed E-state index contributed by atoms with van der Waals surface area (Å²) in [6.45, 7) is 3.21. The number of halogens is 8. The highest BCUT2D eigenvalue weighted by Gasteiger charge is 2.88. The average Bonchev–Trinajstić information content (AvgIpc) is 3.27. The molecule has 3 aliphatic rings. The van der Waals surface area contributed by atoms with Crippen molar-refractivity contribution in [3.8, 4) is 0 Å². The maximum Gasteiger partial charge on any atom is 0.275 e. The van der Waals surface area contributed by atoms with Gasteiger partial charge in [-0.2, -0.15) is 5.01 Å². The summed E-state index contributed by atoms with van der Waals surface area (Å²) in [4.78, 5) is 51.6. The molecule has 0 N–H and O–H groups in total. The number of amides is 3. The first-order valence-corrected chi connectivity index (χ1v) is 14.6. The summed E-state index contributed by atoms with van der Waals surface area (Å²) in [5.74, 6) is -6.53. The Morgan fingerprint density at radius 1 is 0.850 bits per heavy atom. The van der Waals surface area contributed by atoms with Crippen molar-refractivity contribution in [2.75, 3.05) is 0 Å². The van der Waals surface area contributed by atoms with Gasteiger partial charge in [-0.1, -0.05) is 99.4 Å². The minimum atomic E-state index is -2.16. The Balaban J connectivity index is 1.65. The van der Waals surface area contributed by atoms with E-state index >= 15 is 0 Å². The van der Waals surface area contributed by atoms with Crippen molar-refractivity contribution in [3.63, 3.8) is 0 Å². The van der Waals surface area contributed by atoms with Gasteiger partial charge in [0.2, 0.25) is 0 Å². The number of imide groups is 1. The number of benzene rings is 2. The minimum absolute atomic E-state index is 0.0761. The third-order valence-corrected chi connectivity index (χ3v) is 12.4. The number of hydrogen-bond donors (Lipinski definition) is 0. The van der Waals surface area contributed by atoms with Gasteiger partial charge in [0.1, 0.15) is 15.8 Å². The zero-order chi connectivity index (χ0) is 29.7. The van der Waals surface area contributed by atoms with E-state index in [4.69, 9.17) is 92.8 Å². The molecular formula is C26H16Cl8N2O4. The van der Waals surface area contributed by atoms with Crippen LogP contribution in [-0.4, -0.2) is 53.6 Å². The maximum atomic E-state index is 14.1. The van der Waals surface area contributed by atoms with Gasteiger partial charge in [-0.15, -0.1) is 23.2 Å². The normalized spacial score (nSPS) is 29.2. The Labute approximate surface area is 268 Å². The van der Waals surface area contributed by atoms with Crippen LogP contribution in [0, 0.1) is 18.8 Å². The van der Waals surface area contributed by atoms with E-state index in [1.54, 1.807) is 24.3 Å². The van der Waals surface area contributed by atoms with Crippen LogP contribution in [0.25, 0.3) is 0 Å². The van der Waals surface area contributed by atoms with Gasteiger partial charge in [0.05, 0.1) is 32.5 Å². The summed E-state index contributed by atoms with van der Waals surface area (Å²) in [6, 6.07) is 9.17. The molecule has 1 saturated heterocycles. The number of alkyl halides is 4. The van der Waals surface area contributed by atoms with E-state index in [0.29, 0.717) is 5.01 Å². The maximum absolute atomic E-state index is 14.1. The van der Waals surface area contributed by atoms with Crippen LogP contribution in [0.2, 0.25) is 10.0 Å². The van der Waals surface area contributed by atoms with E-state index in [-0.39, 0.29) is 31.2 Å². The monoisotopic (exact) mass is 700 g/mol. The predicted octanol–water partition coefficient (Wildman–Crippen LogP) is 7.38. The second kappa shape index (κ2) is 9.92. The molecule has 0 spiro atoms. The molecule has 2 aliphatic carbocycles. The second-order valence-corrected chi connectivity index (χ2v) is 13.9. The molecular weight excluding hydrogens is 688 g/mol. The molecule has 210 valence electrons. The standard InChI is InChI=1S/C26H16Cl8N2O4/c1-10-3-5-12(6-4-10)18(37)11(2)35(21(38)14-8-7-13(27)9-15(14)28)36-22(39)16-17(23(36)40)25(32)20(30)19(29)24(16,31)26(25,33)34/h3-9,11,16-17H,1-2H3/t11-,16-,17+,24+,25+/m0/s1. The fourth-order valence-electron chi connectivity index (χ4n) is 5.49. The molecule has 2 bridgehead atoms. The van der Waals surface area contributed by atoms with Crippen molar-refractivity contribution < 1.29 is 19.2 Å². The lowest BCUT2D eigenvalue weighted by molar-refractivity contribution is -0.157. The number of nitrogens with zero attached hydrogens (tertiary/aromatic N) is 2. The first kappa shape index (κ1) is 30.2. The lowest BCUT2D eigenvalue weighted by Gasteiger charge is -2.38. The highest BCUT2D eigenvalue weighted by atomic mass is 35.5. The quantitative estimate of drug-likeness (QED) is 0.185. The van der Waals surface area contributed by atoms with Gasteiger partial charge in [-0.25, -0.2) is 5.01 Å². The molecule has 0 radical (unpaired) electrons. The van der Waals surface area contributed by atoms with Gasteiger partial charge < -0.3 is 0 Å². The average molecular weight is 704 g/mol. The second-order valence-electron chi connectivity index (χ2n) is 9.75. The molecule has 40 heavy (non-hydrogen) atoms. The van der Waals surface area contributed by atoms with Crippen LogP contribution in [0.15, 0.2) is 52.5 Å². The van der Waals surface area contributed by atoms with Gasteiger partial charge >= 0.3 is 0 Å². The molecule has 6 nitrogen and oxygen atoms in total. The third-order valence-electron chi connectivity index (χ3n) is 7.55. The summed E-state index contributed by atoms with van der Waals surface area (Å²) in [5, 5.41) is 0.848. The van der Waals surface area contributed by atoms with Gasteiger partial charge in [-0.05, 0) is 32.0 Å². The third kappa shape index (κ3) is 3.77. The van der Waals surface area contributed by atoms with E-state index in [1.807, 2.05) is 6.92 Å². The van der Waals surface area contributed by atoms with Gasteiger partial charge in [0.25, 0.3) is 17.7 Å². The highest BCUT2D eigenvalue weighted by molar-refractivity contribution is 6.66. The van der Waals surface area contributed by atoms with E-state index in [0.717, 1.165) is 10.6 Å². The Morgan fingerprint density at radius 3 is 1.82 bits per heavy atom. The highest BCUT2D eigenvalue weighted by Crippen LogP contribution is 2.77. The molecule has 2 aromatic carbocycles. The minimum Gasteiger partial charge on any atom is -0.292 e. The van der Waals surface area contributed by atoms with Gasteiger partial charge in [0, 0.05) is 10.6 Å². The first-order valence-electron chi connectivity index (χ1n) is 11.6. The Kier molecular flexibility index (Phi) is 7.50. The summed E-state index contributed by atoms with van der Waals surface area (Å²) in [7, 11) is 0. The van der Waals surface area contributed by atoms with Crippen molar-refractivity contribution in [2.24, 2.45) is 11.8 Å².